The van der Waals surface area contributed by atoms with Gasteiger partial charge in [-0.3, -0.25) is 9.97 Å². The average Bonchev–Trinajstić information content (AvgIpc) is 3.96. The first-order valence-corrected chi connectivity index (χ1v) is 23.4. The minimum absolute atomic E-state index is 0.650. The van der Waals surface area contributed by atoms with E-state index in [9.17, 15) is 5.26 Å². The van der Waals surface area contributed by atoms with Gasteiger partial charge in [-0.1, -0.05) is 127 Å². The number of hydrogen-bond acceptors (Lipinski definition) is 3. The van der Waals surface area contributed by atoms with Gasteiger partial charge in [0.25, 0.3) is 0 Å². The highest BCUT2D eigenvalue weighted by atomic mass is 15.0. The molecule has 70 heavy (non-hydrogen) atoms. The van der Waals surface area contributed by atoms with Crippen LogP contribution in [0.4, 0.5) is 5.69 Å². The summed E-state index contributed by atoms with van der Waals surface area (Å²) in [6, 6.07) is 67.6. The summed E-state index contributed by atoms with van der Waals surface area (Å²) >= 11 is 0. The Morgan fingerprint density at radius 2 is 0.771 bits per heavy atom. The zero-order valence-electron chi connectivity index (χ0n) is 37.3. The van der Waals surface area contributed by atoms with E-state index >= 15 is 0 Å². The molecule has 0 N–H and O–H groups in total. The van der Waals surface area contributed by atoms with E-state index in [1.54, 1.807) is 12.4 Å². The van der Waals surface area contributed by atoms with E-state index in [1.165, 1.54) is 49.0 Å². The quantitative estimate of drug-likeness (QED) is 0.0982. The van der Waals surface area contributed by atoms with Crippen LogP contribution in [0.15, 0.2) is 207 Å². The monoisotopic (exact) mass is 886 g/mol. The maximum Gasteiger partial charge on any atom is 0.195 e. The zero-order valence-corrected chi connectivity index (χ0v) is 37.3. The summed E-state index contributed by atoms with van der Waals surface area (Å²) in [5.41, 5.74) is 14.6. The molecule has 4 aromatic heterocycles. The number of rotatable bonds is 5. The van der Waals surface area contributed by atoms with Crippen molar-refractivity contribution in [2.75, 3.05) is 0 Å². The minimum Gasteiger partial charge on any atom is -0.308 e. The van der Waals surface area contributed by atoms with Crippen molar-refractivity contribution >= 4 is 103 Å². The Bertz CT molecular complexity index is 4720. The number of pyridine rings is 2. The fraction of sp³-hybridized carbons (Fsp3) is 0. The lowest BCUT2D eigenvalue weighted by atomic mass is 9.82. The van der Waals surface area contributed by atoms with E-state index in [0.29, 0.717) is 11.3 Å². The highest BCUT2D eigenvalue weighted by Crippen LogP contribution is 2.51. The molecule has 15 aromatic rings. The molecular weight excluding hydrogens is 853 g/mol. The number of aromatic nitrogens is 4. The molecule has 4 heterocycles. The third-order valence-electron chi connectivity index (χ3n) is 14.9. The van der Waals surface area contributed by atoms with Gasteiger partial charge < -0.3 is 9.13 Å². The molecule has 0 fully saturated rings. The van der Waals surface area contributed by atoms with E-state index in [1.807, 2.05) is 36.7 Å². The largest absolute Gasteiger partial charge is 0.308 e. The van der Waals surface area contributed by atoms with Gasteiger partial charge in [-0.05, 0) is 136 Å². The second kappa shape index (κ2) is 14.3. The second-order valence-corrected chi connectivity index (χ2v) is 18.2. The highest BCUT2D eigenvalue weighted by Gasteiger charge is 2.26. The smallest absolute Gasteiger partial charge is 0.195 e. The van der Waals surface area contributed by atoms with Gasteiger partial charge in [0.2, 0.25) is 0 Å². The lowest BCUT2D eigenvalue weighted by molar-refractivity contribution is 1.14. The molecule has 6 heteroatoms. The number of nitrogens with zero attached hydrogens (tertiary/aromatic N) is 6. The molecule has 0 aliphatic carbocycles. The summed E-state index contributed by atoms with van der Waals surface area (Å²) in [5.74, 6) is 0. The van der Waals surface area contributed by atoms with Crippen molar-refractivity contribution in [2.45, 2.75) is 0 Å². The number of fused-ring (bicyclic) bond motifs is 3. The molecule has 0 bridgehead atoms. The van der Waals surface area contributed by atoms with Crippen LogP contribution in [-0.2, 0) is 0 Å². The van der Waals surface area contributed by atoms with E-state index in [0.717, 1.165) is 93.2 Å². The Labute approximate surface area is 400 Å². The first kappa shape index (κ1) is 38.2. The Balaban J connectivity index is 0.980. The third kappa shape index (κ3) is 5.03. The van der Waals surface area contributed by atoms with Crippen molar-refractivity contribution in [1.82, 2.24) is 19.1 Å². The van der Waals surface area contributed by atoms with Crippen LogP contribution in [0, 0.1) is 17.9 Å². The van der Waals surface area contributed by atoms with Crippen molar-refractivity contribution in [3.63, 3.8) is 0 Å². The highest BCUT2D eigenvalue weighted by molar-refractivity contribution is 6.33. The molecule has 0 aliphatic rings. The molecule has 320 valence electrons. The zero-order chi connectivity index (χ0) is 46.2. The minimum atomic E-state index is 0.650. The molecule has 0 unspecified atom stereocenters. The van der Waals surface area contributed by atoms with Gasteiger partial charge in [-0.2, -0.15) is 5.26 Å². The van der Waals surface area contributed by atoms with Gasteiger partial charge in [0, 0.05) is 39.3 Å². The standard InChI is InChI=1S/C64H34N6/c1-66-54-27-31-58-64-53(54)24-23-52-51(26-30-57(63(52)64)70(58)39-11-9-33-68-36-39)60-47-16-6-4-14-45(47)59(46-15-5-7-17-48(46)60)49-22-20-43(41-12-2-3-13-42(41)49)44-25-29-56-62-50(44)21-19-40-37(34-65)18-28-55(61(40)62)69(56)38-10-8-32-67-35-38/h2-33,35-36H. The lowest BCUT2D eigenvalue weighted by Gasteiger charge is -2.21. The van der Waals surface area contributed by atoms with Crippen LogP contribution < -0.4 is 0 Å². The van der Waals surface area contributed by atoms with Crippen LogP contribution in [0.5, 0.6) is 0 Å². The SMILES string of the molecule is [C-]#[N+]c1ccc2c3c1ccc1c(-c4c5ccccc5c(-c5ccc(-c6ccc7c8c6ccc6c(C#N)ccc(c68)n7-c6cccnc6)c6ccccc56)c5ccccc45)ccc(c13)n2-c1cccnc1. The summed E-state index contributed by atoms with van der Waals surface area (Å²) in [4.78, 5) is 13.0. The molecule has 0 amide bonds. The molecule has 0 saturated carbocycles. The van der Waals surface area contributed by atoms with Crippen molar-refractivity contribution in [3.05, 3.63) is 224 Å². The maximum atomic E-state index is 10.2. The number of hydrogen-bond donors (Lipinski definition) is 0. The Morgan fingerprint density at radius 1 is 0.371 bits per heavy atom. The molecule has 0 spiro atoms. The predicted molar refractivity (Wildman–Crippen MR) is 288 cm³/mol. The van der Waals surface area contributed by atoms with Gasteiger partial charge >= 0.3 is 0 Å². The fourth-order valence-corrected chi connectivity index (χ4v) is 12.1. The predicted octanol–water partition coefficient (Wildman–Crippen LogP) is 16.7. The summed E-state index contributed by atoms with van der Waals surface area (Å²) in [6.07, 6.45) is 7.42. The fourth-order valence-electron chi connectivity index (χ4n) is 12.1. The Morgan fingerprint density at radius 3 is 1.31 bits per heavy atom. The normalized spacial score (nSPS) is 12.0. The molecule has 6 nitrogen and oxygen atoms in total. The van der Waals surface area contributed by atoms with Crippen molar-refractivity contribution < 1.29 is 0 Å². The molecule has 0 radical (unpaired) electrons. The van der Waals surface area contributed by atoms with Gasteiger partial charge in [0.1, 0.15) is 0 Å². The third-order valence-corrected chi connectivity index (χ3v) is 14.9. The first-order valence-electron chi connectivity index (χ1n) is 23.4. The van der Waals surface area contributed by atoms with Crippen LogP contribution in [0.2, 0.25) is 0 Å². The van der Waals surface area contributed by atoms with E-state index < -0.39 is 0 Å². The van der Waals surface area contributed by atoms with Crippen LogP contribution >= 0.6 is 0 Å². The molecule has 0 aliphatic heterocycles. The van der Waals surface area contributed by atoms with E-state index in [2.05, 4.69) is 188 Å². The topological polar surface area (TPSA) is 63.8 Å². The molecule has 0 atom stereocenters. The molecule has 15 rings (SSSR count). The lowest BCUT2D eigenvalue weighted by Crippen LogP contribution is -1.95. The first-order chi connectivity index (χ1) is 34.7. The summed E-state index contributed by atoms with van der Waals surface area (Å²) in [7, 11) is 0. The van der Waals surface area contributed by atoms with Crippen LogP contribution in [0.3, 0.4) is 0 Å². The second-order valence-electron chi connectivity index (χ2n) is 18.2. The summed E-state index contributed by atoms with van der Waals surface area (Å²) in [5, 5.41) is 26.0. The van der Waals surface area contributed by atoms with Gasteiger partial charge in [0.05, 0.1) is 64.0 Å². The van der Waals surface area contributed by atoms with Crippen molar-refractivity contribution in [3.8, 4) is 50.8 Å². The van der Waals surface area contributed by atoms with E-state index in [4.69, 9.17) is 6.57 Å². The summed E-state index contributed by atoms with van der Waals surface area (Å²) < 4.78 is 4.56. The van der Waals surface area contributed by atoms with Gasteiger partial charge in [-0.15, -0.1) is 0 Å². The van der Waals surface area contributed by atoms with Crippen molar-refractivity contribution in [1.29, 1.82) is 5.26 Å². The van der Waals surface area contributed by atoms with Crippen LogP contribution in [0.25, 0.3) is 147 Å². The van der Waals surface area contributed by atoms with Crippen LogP contribution in [-0.4, -0.2) is 19.1 Å². The molecular formula is C64H34N6. The maximum absolute atomic E-state index is 10.2. The number of nitriles is 1. The number of benzene rings is 11. The van der Waals surface area contributed by atoms with E-state index in [-0.39, 0.29) is 0 Å². The average molecular weight is 887 g/mol. The van der Waals surface area contributed by atoms with Gasteiger partial charge in [-0.25, -0.2) is 4.85 Å². The molecule has 11 aromatic carbocycles. The Kier molecular flexibility index (Phi) is 7.82. The van der Waals surface area contributed by atoms with Crippen LogP contribution in [0.1, 0.15) is 5.56 Å². The van der Waals surface area contributed by atoms with Crippen molar-refractivity contribution in [2.24, 2.45) is 0 Å². The van der Waals surface area contributed by atoms with Gasteiger partial charge in [0.15, 0.2) is 5.69 Å². The Hall–Kier alpha value is -9.88. The molecule has 0 saturated heterocycles. The summed E-state index contributed by atoms with van der Waals surface area (Å²) in [6.45, 7) is 8.09.